The lowest BCUT2D eigenvalue weighted by atomic mass is 10.0. The van der Waals surface area contributed by atoms with E-state index in [2.05, 4.69) is 24.5 Å². The monoisotopic (exact) mass is 491 g/mol. The number of anilines is 1. The fourth-order valence-corrected chi connectivity index (χ4v) is 5.01. The zero-order valence-electron chi connectivity index (χ0n) is 22.0. The number of methoxy groups -OCH3 is 2. The highest BCUT2D eigenvalue weighted by molar-refractivity contribution is 5.96. The summed E-state index contributed by atoms with van der Waals surface area (Å²) < 4.78 is 16.9. The fraction of sp³-hybridized carbons (Fsp3) is 0.414. The molecule has 7 nitrogen and oxygen atoms in total. The second-order valence-corrected chi connectivity index (χ2v) is 9.63. The standard InChI is InChI=1S/C29H37N3O4/c1-18(12-22-15-26(35-6)25(34-5)14-19(22)2)21(4)32-10-11-36-27-16-23(13-20(3)28(27)32)29(33)31-9-7-8-24(30)17-31/h12-16,24H,4,7-11,17,30H2,1-3,5-6H3/b18-12+. The van der Waals surface area contributed by atoms with Crippen molar-refractivity contribution >= 4 is 17.7 Å². The molecular weight excluding hydrogens is 454 g/mol. The summed E-state index contributed by atoms with van der Waals surface area (Å²) in [7, 11) is 3.27. The van der Waals surface area contributed by atoms with E-state index in [1.54, 1.807) is 14.2 Å². The zero-order chi connectivity index (χ0) is 26.0. The summed E-state index contributed by atoms with van der Waals surface area (Å²) in [4.78, 5) is 17.2. The minimum absolute atomic E-state index is 0.00982. The molecule has 1 amide bonds. The molecule has 192 valence electrons. The Balaban J connectivity index is 1.62. The first kappa shape index (κ1) is 25.6. The molecule has 2 aliphatic rings. The van der Waals surface area contributed by atoms with Crippen molar-refractivity contribution in [1.29, 1.82) is 0 Å². The van der Waals surface area contributed by atoms with Crippen LogP contribution in [-0.2, 0) is 0 Å². The Morgan fingerprint density at radius 3 is 2.53 bits per heavy atom. The number of nitrogens with zero attached hydrogens (tertiary/aromatic N) is 2. The predicted octanol–water partition coefficient (Wildman–Crippen LogP) is 4.70. The Labute approximate surface area is 214 Å². The number of carbonyl (C=O) groups is 1. The van der Waals surface area contributed by atoms with Crippen LogP contribution < -0.4 is 24.8 Å². The number of hydrogen-bond donors (Lipinski definition) is 1. The van der Waals surface area contributed by atoms with Gasteiger partial charge in [0.1, 0.15) is 12.4 Å². The van der Waals surface area contributed by atoms with E-state index in [0.29, 0.717) is 42.5 Å². The van der Waals surface area contributed by atoms with Gasteiger partial charge >= 0.3 is 0 Å². The van der Waals surface area contributed by atoms with E-state index in [-0.39, 0.29) is 11.9 Å². The highest BCUT2D eigenvalue weighted by Crippen LogP contribution is 2.40. The number of ether oxygens (including phenoxy) is 3. The molecule has 0 spiro atoms. The van der Waals surface area contributed by atoms with Crippen molar-refractivity contribution in [2.45, 2.75) is 39.7 Å². The van der Waals surface area contributed by atoms with Crippen LogP contribution in [0, 0.1) is 13.8 Å². The molecule has 2 heterocycles. The van der Waals surface area contributed by atoms with Gasteiger partial charge in [-0.25, -0.2) is 0 Å². The highest BCUT2D eigenvalue weighted by atomic mass is 16.5. The number of fused-ring (bicyclic) bond motifs is 1. The van der Waals surface area contributed by atoms with Gasteiger partial charge in [0, 0.05) is 30.4 Å². The lowest BCUT2D eigenvalue weighted by Gasteiger charge is -2.35. The van der Waals surface area contributed by atoms with Crippen molar-refractivity contribution in [1.82, 2.24) is 4.90 Å². The molecule has 1 unspecified atom stereocenters. The third-order valence-corrected chi connectivity index (χ3v) is 7.03. The van der Waals surface area contributed by atoms with Gasteiger partial charge in [-0.3, -0.25) is 4.79 Å². The van der Waals surface area contributed by atoms with Crippen LogP contribution >= 0.6 is 0 Å². The zero-order valence-corrected chi connectivity index (χ0v) is 22.0. The quantitative estimate of drug-likeness (QED) is 0.591. The van der Waals surface area contributed by atoms with Crippen LogP contribution in [-0.4, -0.2) is 57.3 Å². The summed E-state index contributed by atoms with van der Waals surface area (Å²) >= 11 is 0. The molecule has 4 rings (SSSR count). The minimum Gasteiger partial charge on any atom is -0.493 e. The van der Waals surface area contributed by atoms with E-state index in [1.165, 1.54) is 0 Å². The second-order valence-electron chi connectivity index (χ2n) is 9.63. The third-order valence-electron chi connectivity index (χ3n) is 7.03. The smallest absolute Gasteiger partial charge is 0.254 e. The van der Waals surface area contributed by atoms with Crippen LogP contribution in [0.1, 0.15) is 46.8 Å². The number of nitrogens with two attached hydrogens (primary N) is 1. The van der Waals surface area contributed by atoms with Gasteiger partial charge in [-0.15, -0.1) is 0 Å². The number of rotatable bonds is 6. The molecule has 36 heavy (non-hydrogen) atoms. The Morgan fingerprint density at radius 2 is 1.83 bits per heavy atom. The molecule has 0 radical (unpaired) electrons. The fourth-order valence-electron chi connectivity index (χ4n) is 5.01. The van der Waals surface area contributed by atoms with E-state index in [9.17, 15) is 4.79 Å². The van der Waals surface area contributed by atoms with Crippen molar-refractivity contribution in [3.8, 4) is 17.2 Å². The summed E-state index contributed by atoms with van der Waals surface area (Å²) in [6.45, 7) is 13.1. The van der Waals surface area contributed by atoms with Gasteiger partial charge in [0.2, 0.25) is 0 Å². The maximum absolute atomic E-state index is 13.2. The summed E-state index contributed by atoms with van der Waals surface area (Å²) in [5, 5.41) is 0. The number of amides is 1. The topological polar surface area (TPSA) is 77.3 Å². The second kappa shape index (κ2) is 10.7. The number of carbonyl (C=O) groups excluding carboxylic acids is 1. The molecule has 1 saturated heterocycles. The SMILES string of the molecule is C=C(/C(C)=C/c1cc(OC)c(OC)cc1C)N1CCOc2cc(C(=O)N3CCCC(N)C3)cc(C)c21. The maximum Gasteiger partial charge on any atom is 0.254 e. The molecule has 0 saturated carbocycles. The van der Waals surface area contributed by atoms with E-state index in [0.717, 1.165) is 53.0 Å². The highest BCUT2D eigenvalue weighted by Gasteiger charge is 2.28. The molecule has 2 aliphatic heterocycles. The number of hydrogen-bond acceptors (Lipinski definition) is 6. The first-order valence-electron chi connectivity index (χ1n) is 12.4. The normalized spacial score (nSPS) is 17.8. The van der Waals surface area contributed by atoms with Crippen LogP contribution in [0.25, 0.3) is 6.08 Å². The first-order valence-corrected chi connectivity index (χ1v) is 12.4. The van der Waals surface area contributed by atoms with Crippen molar-refractivity contribution < 1.29 is 19.0 Å². The van der Waals surface area contributed by atoms with Crippen LogP contribution in [0.15, 0.2) is 42.1 Å². The molecular formula is C29H37N3O4. The molecule has 2 aromatic rings. The largest absolute Gasteiger partial charge is 0.493 e. The summed E-state index contributed by atoms with van der Waals surface area (Å²) in [6.07, 6.45) is 4.01. The van der Waals surface area contributed by atoms with Gasteiger partial charge in [0.25, 0.3) is 5.91 Å². The van der Waals surface area contributed by atoms with Gasteiger partial charge in [-0.05, 0) is 86.2 Å². The summed E-state index contributed by atoms with van der Waals surface area (Å²) in [5.74, 6) is 2.11. The lowest BCUT2D eigenvalue weighted by Crippen LogP contribution is -2.45. The minimum atomic E-state index is 0.00982. The van der Waals surface area contributed by atoms with Gasteiger partial charge in [0.15, 0.2) is 11.5 Å². The third kappa shape index (κ3) is 5.07. The number of allylic oxidation sites excluding steroid dienone is 1. The molecule has 1 fully saturated rings. The molecule has 0 bridgehead atoms. The van der Waals surface area contributed by atoms with Crippen molar-refractivity contribution in [3.05, 3.63) is 64.4 Å². The summed E-state index contributed by atoms with van der Waals surface area (Å²) in [5.41, 5.74) is 12.7. The van der Waals surface area contributed by atoms with Crippen molar-refractivity contribution in [2.75, 3.05) is 45.4 Å². The Kier molecular flexibility index (Phi) is 7.59. The summed E-state index contributed by atoms with van der Waals surface area (Å²) in [6, 6.07) is 7.81. The number of likely N-dealkylation sites (tertiary alicyclic amines) is 1. The molecule has 7 heteroatoms. The number of aryl methyl sites for hydroxylation is 2. The Morgan fingerprint density at radius 1 is 1.11 bits per heavy atom. The maximum atomic E-state index is 13.2. The van der Waals surface area contributed by atoms with E-state index < -0.39 is 0 Å². The van der Waals surface area contributed by atoms with Crippen LogP contribution in [0.2, 0.25) is 0 Å². The van der Waals surface area contributed by atoms with Crippen LogP contribution in [0.5, 0.6) is 17.2 Å². The van der Waals surface area contributed by atoms with Crippen molar-refractivity contribution in [2.24, 2.45) is 5.73 Å². The molecule has 2 N–H and O–H groups in total. The average molecular weight is 492 g/mol. The van der Waals surface area contributed by atoms with Gasteiger partial charge < -0.3 is 29.7 Å². The van der Waals surface area contributed by atoms with Gasteiger partial charge in [-0.2, -0.15) is 0 Å². The molecule has 2 aromatic carbocycles. The van der Waals surface area contributed by atoms with Crippen LogP contribution in [0.4, 0.5) is 5.69 Å². The Bertz CT molecular complexity index is 1200. The Hall–Kier alpha value is -3.45. The van der Waals surface area contributed by atoms with E-state index in [4.69, 9.17) is 19.9 Å². The average Bonchev–Trinajstić information content (AvgIpc) is 2.88. The van der Waals surface area contributed by atoms with E-state index >= 15 is 0 Å². The molecule has 0 aromatic heterocycles. The van der Waals surface area contributed by atoms with Crippen molar-refractivity contribution in [3.63, 3.8) is 0 Å². The molecule has 1 atom stereocenters. The van der Waals surface area contributed by atoms with Crippen LogP contribution in [0.3, 0.4) is 0 Å². The predicted molar refractivity (Wildman–Crippen MR) is 144 cm³/mol. The van der Waals surface area contributed by atoms with Gasteiger partial charge in [-0.1, -0.05) is 6.58 Å². The molecule has 0 aliphatic carbocycles. The van der Waals surface area contributed by atoms with E-state index in [1.807, 2.05) is 43.0 Å². The first-order chi connectivity index (χ1) is 17.2. The van der Waals surface area contributed by atoms with Gasteiger partial charge in [0.05, 0.1) is 26.5 Å². The number of piperidine rings is 1. The lowest BCUT2D eigenvalue weighted by molar-refractivity contribution is 0.0708. The number of benzene rings is 2.